The highest BCUT2D eigenvalue weighted by molar-refractivity contribution is 9.10. The molecule has 0 radical (unpaired) electrons. The number of rotatable bonds is 8. The zero-order valence-electron chi connectivity index (χ0n) is 18.4. The second-order valence-electron chi connectivity index (χ2n) is 7.66. The molecule has 7 nitrogen and oxygen atoms in total. The summed E-state index contributed by atoms with van der Waals surface area (Å²) < 4.78 is 2.92. The minimum Gasteiger partial charge on any atom is -0.507 e. The van der Waals surface area contributed by atoms with Crippen molar-refractivity contribution < 1.29 is 9.90 Å². The Bertz CT molecular complexity index is 1380. The first-order chi connectivity index (χ1) is 16.4. The van der Waals surface area contributed by atoms with Crippen molar-refractivity contribution in [2.45, 2.75) is 18.6 Å². The van der Waals surface area contributed by atoms with Crippen molar-refractivity contribution in [3.63, 3.8) is 0 Å². The highest BCUT2D eigenvalue weighted by Crippen LogP contribution is 2.27. The van der Waals surface area contributed by atoms with E-state index in [1.165, 1.54) is 18.0 Å². The number of aromatic nitrogens is 3. The van der Waals surface area contributed by atoms with E-state index in [2.05, 4.69) is 43.2 Å². The topological polar surface area (TPSA) is 92.4 Å². The fraction of sp³-hybridized carbons (Fsp3) is 0.120. The zero-order chi connectivity index (χ0) is 24.1. The minimum atomic E-state index is -0.295. The number of aromatic hydroxyl groups is 1. The molecule has 2 N–H and O–H groups in total. The number of carbonyl (C=O) groups excluding carboxylic acids is 1. The fourth-order valence-corrected chi connectivity index (χ4v) is 4.37. The first kappa shape index (κ1) is 23.7. The molecule has 0 spiro atoms. The van der Waals surface area contributed by atoms with E-state index in [0.717, 1.165) is 26.4 Å². The highest BCUT2D eigenvalue weighted by atomic mass is 79.9. The van der Waals surface area contributed by atoms with Gasteiger partial charge in [0.05, 0.1) is 12.0 Å². The van der Waals surface area contributed by atoms with Gasteiger partial charge in [-0.3, -0.25) is 9.36 Å². The van der Waals surface area contributed by atoms with Crippen LogP contribution in [0.15, 0.2) is 87.5 Å². The highest BCUT2D eigenvalue weighted by Gasteiger charge is 2.16. The zero-order valence-corrected chi connectivity index (χ0v) is 20.8. The van der Waals surface area contributed by atoms with Gasteiger partial charge in [-0.15, -0.1) is 10.2 Å². The lowest BCUT2D eigenvalue weighted by molar-refractivity contribution is -0.118. The van der Waals surface area contributed by atoms with Gasteiger partial charge in [0.15, 0.2) is 11.0 Å². The molecule has 172 valence electrons. The molecule has 0 aliphatic heterocycles. The lowest BCUT2D eigenvalue weighted by Gasteiger charge is -2.10. The van der Waals surface area contributed by atoms with Crippen LogP contribution in [0, 0.1) is 0 Å². The molecule has 0 bridgehead atoms. The van der Waals surface area contributed by atoms with Crippen LogP contribution in [0.5, 0.6) is 5.75 Å². The monoisotopic (exact) mass is 535 g/mol. The van der Waals surface area contributed by atoms with E-state index in [-0.39, 0.29) is 17.4 Å². The Labute approximate surface area is 209 Å². The first-order valence-electron chi connectivity index (χ1n) is 10.4. The van der Waals surface area contributed by atoms with Gasteiger partial charge in [-0.1, -0.05) is 82.3 Å². The van der Waals surface area contributed by atoms with Crippen LogP contribution in [0.4, 0.5) is 0 Å². The van der Waals surface area contributed by atoms with Crippen molar-refractivity contribution in [2.24, 2.45) is 5.10 Å². The fourth-order valence-electron chi connectivity index (χ4n) is 3.37. The normalized spacial score (nSPS) is 11.2. The number of thioether (sulfide) groups is 1. The summed E-state index contributed by atoms with van der Waals surface area (Å²) in [4.78, 5) is 12.4. The number of allylic oxidation sites excluding steroid dienone is 1. The maximum atomic E-state index is 12.4. The van der Waals surface area contributed by atoms with E-state index in [4.69, 9.17) is 0 Å². The number of nitrogens with one attached hydrogen (secondary N) is 1. The third-order valence-electron chi connectivity index (χ3n) is 4.91. The van der Waals surface area contributed by atoms with Crippen LogP contribution in [0.2, 0.25) is 0 Å². The third-order valence-corrected chi connectivity index (χ3v) is 6.41. The molecule has 1 aromatic heterocycles. The maximum absolute atomic E-state index is 12.4. The summed E-state index contributed by atoms with van der Waals surface area (Å²) in [5, 5.41) is 25.3. The van der Waals surface area contributed by atoms with Crippen molar-refractivity contribution in [3.8, 4) is 17.1 Å². The second kappa shape index (κ2) is 10.7. The number of amides is 1. The molecule has 0 unspecified atom stereocenters. The number of halogens is 1. The Morgan fingerprint density at radius 1 is 1.18 bits per heavy atom. The van der Waals surface area contributed by atoms with Crippen LogP contribution in [-0.2, 0) is 11.3 Å². The number of phenols is 1. The molecule has 3 aromatic carbocycles. The summed E-state index contributed by atoms with van der Waals surface area (Å²) in [5.41, 5.74) is 4.94. The average Bonchev–Trinajstić information content (AvgIpc) is 3.21. The van der Waals surface area contributed by atoms with Gasteiger partial charge in [0.1, 0.15) is 5.75 Å². The van der Waals surface area contributed by atoms with E-state index < -0.39 is 0 Å². The molecule has 1 amide bonds. The van der Waals surface area contributed by atoms with E-state index in [1.54, 1.807) is 6.07 Å². The molecular formula is C25H22BrN5O2S. The summed E-state index contributed by atoms with van der Waals surface area (Å²) >= 11 is 4.71. The number of carbonyl (C=O) groups is 1. The first-order valence-corrected chi connectivity index (χ1v) is 12.2. The number of fused-ring (bicyclic) bond motifs is 1. The summed E-state index contributed by atoms with van der Waals surface area (Å²) in [6, 6.07) is 18.9. The predicted octanol–water partition coefficient (Wildman–Crippen LogP) is 5.38. The van der Waals surface area contributed by atoms with Crippen LogP contribution in [0.1, 0.15) is 12.5 Å². The van der Waals surface area contributed by atoms with Gasteiger partial charge in [0.2, 0.25) is 0 Å². The Morgan fingerprint density at radius 2 is 1.94 bits per heavy atom. The van der Waals surface area contributed by atoms with Gasteiger partial charge in [-0.05, 0) is 35.9 Å². The molecule has 0 fully saturated rings. The van der Waals surface area contributed by atoms with Crippen LogP contribution < -0.4 is 5.43 Å². The van der Waals surface area contributed by atoms with Gasteiger partial charge < -0.3 is 5.11 Å². The molecule has 4 rings (SSSR count). The van der Waals surface area contributed by atoms with Gasteiger partial charge in [-0.25, -0.2) is 5.43 Å². The van der Waals surface area contributed by atoms with Crippen LogP contribution in [0.3, 0.4) is 0 Å². The Morgan fingerprint density at radius 3 is 2.71 bits per heavy atom. The number of phenolic OH excluding ortho intramolecular Hbond substituents is 1. The van der Waals surface area contributed by atoms with Gasteiger partial charge >= 0.3 is 0 Å². The van der Waals surface area contributed by atoms with Crippen molar-refractivity contribution >= 4 is 50.6 Å². The number of hydrogen-bond acceptors (Lipinski definition) is 6. The van der Waals surface area contributed by atoms with Gasteiger partial charge in [-0.2, -0.15) is 5.10 Å². The predicted molar refractivity (Wildman–Crippen MR) is 140 cm³/mol. The molecule has 0 aliphatic rings. The maximum Gasteiger partial charge on any atom is 0.250 e. The summed E-state index contributed by atoms with van der Waals surface area (Å²) in [5.74, 6) is 0.617. The Kier molecular flexibility index (Phi) is 7.44. The summed E-state index contributed by atoms with van der Waals surface area (Å²) in [6.45, 7) is 6.48. The van der Waals surface area contributed by atoms with Gasteiger partial charge in [0.25, 0.3) is 5.91 Å². The van der Waals surface area contributed by atoms with E-state index in [1.807, 2.05) is 66.1 Å². The molecule has 4 aromatic rings. The van der Waals surface area contributed by atoms with Gasteiger partial charge in [0, 0.05) is 22.1 Å². The Balaban J connectivity index is 1.45. The molecular weight excluding hydrogens is 514 g/mol. The van der Waals surface area contributed by atoms with Crippen molar-refractivity contribution in [2.75, 3.05) is 5.75 Å². The van der Waals surface area contributed by atoms with Crippen molar-refractivity contribution in [1.82, 2.24) is 20.2 Å². The van der Waals surface area contributed by atoms with Crippen LogP contribution in [-0.4, -0.2) is 37.7 Å². The van der Waals surface area contributed by atoms with Crippen molar-refractivity contribution in [1.29, 1.82) is 0 Å². The smallest absolute Gasteiger partial charge is 0.250 e. The van der Waals surface area contributed by atoms with E-state index in [9.17, 15) is 9.90 Å². The SMILES string of the molecule is C=C(C)Cn1c(SCC(=O)N/N=C\c2c(O)ccc3ccccc23)nnc1-c1ccc(Br)cc1. The Hall–Kier alpha value is -3.43. The molecule has 0 saturated heterocycles. The third kappa shape index (κ3) is 5.55. The molecule has 0 saturated carbocycles. The number of hydrogen-bond donors (Lipinski definition) is 2. The lowest BCUT2D eigenvalue weighted by atomic mass is 10.0. The second-order valence-corrected chi connectivity index (χ2v) is 9.52. The minimum absolute atomic E-state index is 0.0967. The largest absolute Gasteiger partial charge is 0.507 e. The quantitative estimate of drug-likeness (QED) is 0.137. The standard InChI is InChI=1S/C25H22BrN5O2S/c1-16(2)14-31-24(18-7-10-19(26)11-8-18)29-30-25(31)34-15-23(33)28-27-13-21-20-6-4-3-5-17(20)9-12-22(21)32/h3-13,32H,1,14-15H2,2H3,(H,28,33)/b27-13-. The molecule has 0 atom stereocenters. The molecule has 1 heterocycles. The van der Waals surface area contributed by atoms with Crippen LogP contribution in [0.25, 0.3) is 22.2 Å². The summed E-state index contributed by atoms with van der Waals surface area (Å²) in [6.07, 6.45) is 1.45. The summed E-state index contributed by atoms with van der Waals surface area (Å²) in [7, 11) is 0. The van der Waals surface area contributed by atoms with E-state index >= 15 is 0 Å². The lowest BCUT2D eigenvalue weighted by Crippen LogP contribution is -2.20. The van der Waals surface area contributed by atoms with Crippen molar-refractivity contribution in [3.05, 3.63) is 82.9 Å². The molecule has 0 aliphatic carbocycles. The molecule has 34 heavy (non-hydrogen) atoms. The van der Waals surface area contributed by atoms with Crippen LogP contribution >= 0.6 is 27.7 Å². The number of nitrogens with zero attached hydrogens (tertiary/aromatic N) is 4. The number of benzene rings is 3. The average molecular weight is 536 g/mol. The number of hydrazone groups is 1. The van der Waals surface area contributed by atoms with E-state index in [0.29, 0.717) is 23.1 Å². The molecule has 9 heteroatoms.